The minimum atomic E-state index is -4.26. The molecule has 0 saturated carbocycles. The molecule has 0 aromatic carbocycles. The zero-order valence-electron chi connectivity index (χ0n) is 6.92. The third-order valence-electron chi connectivity index (χ3n) is 1.40. The summed E-state index contributed by atoms with van der Waals surface area (Å²) in [6, 6.07) is 0.578. The van der Waals surface area contributed by atoms with E-state index in [0.29, 0.717) is 6.07 Å². The summed E-state index contributed by atoms with van der Waals surface area (Å²) < 4.78 is 58.6. The van der Waals surface area contributed by atoms with Gasteiger partial charge in [0.1, 0.15) is 5.69 Å². The molecule has 9 heteroatoms. The van der Waals surface area contributed by atoms with Crippen molar-refractivity contribution >= 4 is 26.0 Å². The third kappa shape index (κ3) is 2.67. The largest absolute Gasteiger partial charge is 0.283 e. The summed E-state index contributed by atoms with van der Waals surface area (Å²) in [4.78, 5) is 2.96. The van der Waals surface area contributed by atoms with Crippen LogP contribution in [0.2, 0.25) is 0 Å². The van der Waals surface area contributed by atoms with Gasteiger partial charge in [0, 0.05) is 0 Å². The number of hydrogen-bond acceptors (Lipinski definition) is 3. The minimum absolute atomic E-state index is 0.299. The molecule has 15 heavy (non-hydrogen) atoms. The molecule has 0 aliphatic rings. The van der Waals surface area contributed by atoms with Crippen molar-refractivity contribution in [3.63, 3.8) is 0 Å². The van der Waals surface area contributed by atoms with Crippen molar-refractivity contribution in [2.24, 2.45) is 5.14 Å². The van der Waals surface area contributed by atoms with E-state index >= 15 is 0 Å². The van der Waals surface area contributed by atoms with E-state index in [1.54, 1.807) is 0 Å². The van der Waals surface area contributed by atoms with E-state index in [2.05, 4.69) is 26.1 Å². The molecule has 2 N–H and O–H groups in total. The van der Waals surface area contributed by atoms with Gasteiger partial charge in [0.25, 0.3) is 16.4 Å². The molecule has 0 amide bonds. The molecule has 0 aliphatic heterocycles. The van der Waals surface area contributed by atoms with Crippen LogP contribution in [0.1, 0.15) is 12.1 Å². The molecule has 0 saturated heterocycles. The lowest BCUT2D eigenvalue weighted by Gasteiger charge is -2.05. The van der Waals surface area contributed by atoms with Crippen LogP contribution in [0.5, 0.6) is 0 Å². The fourth-order valence-electron chi connectivity index (χ4n) is 0.816. The molecule has 1 aromatic heterocycles. The van der Waals surface area contributed by atoms with Crippen molar-refractivity contribution in [3.05, 3.63) is 22.1 Å². The molecule has 0 bridgehead atoms. The van der Waals surface area contributed by atoms with Crippen molar-refractivity contribution in [1.29, 1.82) is 0 Å². The Morgan fingerprint density at radius 3 is 2.40 bits per heavy atom. The van der Waals surface area contributed by atoms with Crippen LogP contribution in [-0.4, -0.2) is 13.4 Å². The summed E-state index contributed by atoms with van der Waals surface area (Å²) in [5.41, 5.74) is -1.25. The van der Waals surface area contributed by atoms with Gasteiger partial charge in [0.15, 0.2) is 10.8 Å². The Labute approximate surface area is 91.5 Å². The topological polar surface area (TPSA) is 73.1 Å². The summed E-state index contributed by atoms with van der Waals surface area (Å²) in [6.07, 6.45) is -3.21. The highest BCUT2D eigenvalue weighted by Crippen LogP contribution is 2.26. The van der Waals surface area contributed by atoms with Gasteiger partial charge in [-0.2, -0.15) is 0 Å². The summed E-state index contributed by atoms with van der Waals surface area (Å²) in [6.45, 7) is 0. The van der Waals surface area contributed by atoms with E-state index in [1.807, 2.05) is 0 Å². The molecule has 0 spiro atoms. The second-order valence-corrected chi connectivity index (χ2v) is 4.82. The van der Waals surface area contributed by atoms with E-state index in [1.165, 1.54) is 0 Å². The van der Waals surface area contributed by atoms with Gasteiger partial charge in [0.2, 0.25) is 0 Å². The zero-order chi connectivity index (χ0) is 11.8. The van der Waals surface area contributed by atoms with Crippen LogP contribution in [0.4, 0.5) is 13.2 Å². The number of pyridine rings is 1. The number of sulfonamides is 1. The van der Waals surface area contributed by atoms with Crippen LogP contribution in [0, 0.1) is 5.82 Å². The lowest BCUT2D eigenvalue weighted by Crippen LogP contribution is -2.16. The highest BCUT2D eigenvalue weighted by atomic mass is 79.9. The Morgan fingerprint density at radius 1 is 1.47 bits per heavy atom. The highest BCUT2D eigenvalue weighted by molar-refractivity contribution is 9.10. The van der Waals surface area contributed by atoms with Crippen LogP contribution >= 0.6 is 15.9 Å². The third-order valence-corrected chi connectivity index (χ3v) is 3.12. The normalized spacial score (nSPS) is 12.1. The number of alkyl halides is 2. The number of halogens is 4. The summed E-state index contributed by atoms with van der Waals surface area (Å²) >= 11 is 2.66. The van der Waals surface area contributed by atoms with Crippen LogP contribution in [0.15, 0.2) is 15.6 Å². The Kier molecular flexibility index (Phi) is 3.36. The average molecular weight is 305 g/mol. The van der Waals surface area contributed by atoms with Crippen LogP contribution in [-0.2, 0) is 10.0 Å². The molecule has 4 nitrogen and oxygen atoms in total. The predicted molar refractivity (Wildman–Crippen MR) is 48.2 cm³/mol. The molecule has 1 rings (SSSR count). The summed E-state index contributed by atoms with van der Waals surface area (Å²) in [5.74, 6) is -1.30. The second kappa shape index (κ2) is 4.06. The van der Waals surface area contributed by atoms with E-state index in [4.69, 9.17) is 0 Å². The number of primary sulfonamides is 1. The highest BCUT2D eigenvalue weighted by Gasteiger charge is 2.23. The Morgan fingerprint density at radius 2 is 2.00 bits per heavy atom. The molecule has 0 atom stereocenters. The van der Waals surface area contributed by atoms with Gasteiger partial charge in [-0.15, -0.1) is 0 Å². The lowest BCUT2D eigenvalue weighted by molar-refractivity contribution is 0.139. The predicted octanol–water partition coefficient (Wildman–Crippen LogP) is 1.57. The molecular formula is C6H4BrF3N2O2S. The van der Waals surface area contributed by atoms with Gasteiger partial charge in [-0.05, 0) is 22.0 Å². The number of nitrogens with two attached hydrogens (primary N) is 1. The monoisotopic (exact) mass is 304 g/mol. The maximum Gasteiger partial charge on any atom is 0.283 e. The first-order chi connectivity index (χ1) is 6.73. The fourth-order valence-corrected chi connectivity index (χ4v) is 2.34. The van der Waals surface area contributed by atoms with Crippen LogP contribution < -0.4 is 5.14 Å². The minimum Gasteiger partial charge on any atom is -0.230 e. The van der Waals surface area contributed by atoms with Crippen molar-refractivity contribution in [2.45, 2.75) is 11.5 Å². The Balaban J connectivity index is 3.50. The van der Waals surface area contributed by atoms with Gasteiger partial charge in [-0.3, -0.25) is 0 Å². The Bertz CT molecular complexity index is 491. The number of hydrogen-bond donors (Lipinski definition) is 1. The molecular weight excluding hydrogens is 301 g/mol. The Hall–Kier alpha value is -0.670. The lowest BCUT2D eigenvalue weighted by atomic mass is 10.3. The fraction of sp³-hybridized carbons (Fsp3) is 0.167. The van der Waals surface area contributed by atoms with Gasteiger partial charge in [-0.1, -0.05) is 0 Å². The standard InChI is InChI=1S/C6H4BrF3N2O2S/c7-2-1-3(8)4(5(9)10)12-6(2)15(11,13)14/h1,5H,(H2,11,13,14). The number of nitrogens with zero attached hydrogens (tertiary/aromatic N) is 1. The molecule has 1 heterocycles. The second-order valence-electron chi connectivity index (χ2n) is 2.49. The maximum atomic E-state index is 12.9. The molecule has 84 valence electrons. The van der Waals surface area contributed by atoms with E-state index in [-0.39, 0.29) is 4.47 Å². The van der Waals surface area contributed by atoms with Gasteiger partial charge < -0.3 is 0 Å². The van der Waals surface area contributed by atoms with Gasteiger partial charge >= 0.3 is 0 Å². The van der Waals surface area contributed by atoms with Gasteiger partial charge in [0.05, 0.1) is 4.47 Å². The zero-order valence-corrected chi connectivity index (χ0v) is 9.32. The van der Waals surface area contributed by atoms with Crippen molar-refractivity contribution in [1.82, 2.24) is 4.98 Å². The van der Waals surface area contributed by atoms with Crippen molar-refractivity contribution in [3.8, 4) is 0 Å². The average Bonchev–Trinajstić information content (AvgIpc) is 2.00. The SMILES string of the molecule is NS(=O)(=O)c1nc(C(F)F)c(F)cc1Br. The molecule has 0 aliphatic carbocycles. The first-order valence-electron chi connectivity index (χ1n) is 3.40. The number of rotatable bonds is 2. The van der Waals surface area contributed by atoms with Crippen LogP contribution in [0.3, 0.4) is 0 Å². The summed E-state index contributed by atoms with van der Waals surface area (Å²) in [5, 5.41) is 3.87. The molecule has 0 unspecified atom stereocenters. The smallest absolute Gasteiger partial charge is 0.230 e. The molecule has 0 radical (unpaired) electrons. The summed E-state index contributed by atoms with van der Waals surface area (Å²) in [7, 11) is -4.26. The van der Waals surface area contributed by atoms with Crippen molar-refractivity contribution < 1.29 is 21.6 Å². The van der Waals surface area contributed by atoms with Gasteiger partial charge in [-0.25, -0.2) is 31.7 Å². The van der Waals surface area contributed by atoms with E-state index in [9.17, 15) is 21.6 Å². The first kappa shape index (κ1) is 12.4. The maximum absolute atomic E-state index is 12.9. The number of aromatic nitrogens is 1. The quantitative estimate of drug-likeness (QED) is 0.901. The van der Waals surface area contributed by atoms with Crippen LogP contribution in [0.25, 0.3) is 0 Å². The molecule has 0 fully saturated rings. The first-order valence-corrected chi connectivity index (χ1v) is 5.74. The molecule has 1 aromatic rings. The van der Waals surface area contributed by atoms with E-state index < -0.39 is 33.0 Å². The van der Waals surface area contributed by atoms with E-state index in [0.717, 1.165) is 0 Å². The van der Waals surface area contributed by atoms with Crippen molar-refractivity contribution in [2.75, 3.05) is 0 Å².